The summed E-state index contributed by atoms with van der Waals surface area (Å²) in [6.07, 6.45) is 1.33. The number of nitrogens with one attached hydrogen (secondary N) is 1. The normalized spacial score (nSPS) is 14.5. The summed E-state index contributed by atoms with van der Waals surface area (Å²) in [4.78, 5) is 39.4. The van der Waals surface area contributed by atoms with Crippen molar-refractivity contribution < 1.29 is 23.9 Å². The van der Waals surface area contributed by atoms with Gasteiger partial charge in [0.25, 0.3) is 11.8 Å². The number of aryl methyl sites for hydroxylation is 1. The van der Waals surface area contributed by atoms with Gasteiger partial charge < -0.3 is 9.47 Å². The second-order valence-electron chi connectivity index (χ2n) is 9.19. The molecular weight excluding hydrogens is 587 g/mol. The van der Waals surface area contributed by atoms with E-state index in [1.807, 2.05) is 44.2 Å². The van der Waals surface area contributed by atoms with Gasteiger partial charge in [0.1, 0.15) is 12.2 Å². The van der Waals surface area contributed by atoms with Gasteiger partial charge in [-0.15, -0.1) is 0 Å². The fourth-order valence-electron chi connectivity index (χ4n) is 4.54. The van der Waals surface area contributed by atoms with E-state index in [-0.39, 0.29) is 32.9 Å². The SMILES string of the molecule is CCOc1cc(/C=C2\C(=O)NC(=O)N(c3ccc(Cl)c(Cl)c3)C2=O)cc(Cl)c1OCc1c(C)ccc2ccccc12. The van der Waals surface area contributed by atoms with E-state index < -0.39 is 17.8 Å². The molecule has 0 saturated carbocycles. The van der Waals surface area contributed by atoms with Crippen LogP contribution in [0, 0.1) is 6.92 Å². The minimum absolute atomic E-state index is 0.148. The number of amides is 4. The molecule has 208 valence electrons. The van der Waals surface area contributed by atoms with Gasteiger partial charge in [0.05, 0.1) is 27.4 Å². The Hall–Kier alpha value is -4.04. The summed E-state index contributed by atoms with van der Waals surface area (Å²) in [5.74, 6) is -1.02. The van der Waals surface area contributed by atoms with Crippen LogP contribution in [0.1, 0.15) is 23.6 Å². The standard InChI is InChI=1S/C31H23Cl3N2O5/c1-3-40-27-14-18(12-22-29(37)35-31(39)36(30(22)38)20-10-11-24(32)25(33)15-20)13-26(34)28(27)41-16-23-17(2)8-9-19-6-4-5-7-21(19)23/h4-15H,3,16H2,1-2H3,(H,35,37,39)/b22-12+. The van der Waals surface area contributed by atoms with Gasteiger partial charge in [0, 0.05) is 5.56 Å². The van der Waals surface area contributed by atoms with Crippen molar-refractivity contribution in [2.24, 2.45) is 0 Å². The van der Waals surface area contributed by atoms with E-state index in [1.165, 1.54) is 24.3 Å². The van der Waals surface area contributed by atoms with Gasteiger partial charge in [-0.05, 0) is 72.2 Å². The van der Waals surface area contributed by atoms with Crippen molar-refractivity contribution in [3.8, 4) is 11.5 Å². The summed E-state index contributed by atoms with van der Waals surface area (Å²) < 4.78 is 12.0. The van der Waals surface area contributed by atoms with Crippen LogP contribution in [0.4, 0.5) is 10.5 Å². The molecule has 7 nitrogen and oxygen atoms in total. The van der Waals surface area contributed by atoms with Gasteiger partial charge in [0.2, 0.25) is 0 Å². The maximum atomic E-state index is 13.3. The number of ether oxygens (including phenoxy) is 2. The predicted molar refractivity (Wildman–Crippen MR) is 161 cm³/mol. The molecule has 0 spiro atoms. The summed E-state index contributed by atoms with van der Waals surface area (Å²) in [6.45, 7) is 4.40. The second-order valence-corrected chi connectivity index (χ2v) is 10.4. The molecule has 4 aromatic carbocycles. The largest absolute Gasteiger partial charge is 0.490 e. The molecule has 1 heterocycles. The first-order valence-electron chi connectivity index (χ1n) is 12.6. The van der Waals surface area contributed by atoms with Crippen molar-refractivity contribution in [3.05, 3.63) is 104 Å². The average Bonchev–Trinajstić information content (AvgIpc) is 2.93. The van der Waals surface area contributed by atoms with Crippen LogP contribution in [0.25, 0.3) is 16.8 Å². The summed E-state index contributed by atoms with van der Waals surface area (Å²) >= 11 is 18.7. The minimum atomic E-state index is -0.906. The number of hydrogen-bond acceptors (Lipinski definition) is 5. The summed E-state index contributed by atoms with van der Waals surface area (Å²) in [6, 6.07) is 18.7. The molecule has 4 aromatic rings. The molecule has 1 fully saturated rings. The number of urea groups is 1. The molecule has 0 radical (unpaired) electrons. The molecule has 41 heavy (non-hydrogen) atoms. The molecule has 0 bridgehead atoms. The van der Waals surface area contributed by atoms with Gasteiger partial charge in [-0.3, -0.25) is 14.9 Å². The zero-order valence-corrected chi connectivity index (χ0v) is 24.2. The zero-order valence-electron chi connectivity index (χ0n) is 22.0. The van der Waals surface area contributed by atoms with E-state index in [4.69, 9.17) is 44.3 Å². The zero-order chi connectivity index (χ0) is 29.3. The Bertz CT molecular complexity index is 1750. The highest BCUT2D eigenvalue weighted by molar-refractivity contribution is 6.43. The third-order valence-electron chi connectivity index (χ3n) is 6.54. The Morgan fingerprint density at radius 3 is 2.41 bits per heavy atom. The Kier molecular flexibility index (Phi) is 8.22. The number of rotatable bonds is 7. The smallest absolute Gasteiger partial charge is 0.335 e. The number of fused-ring (bicyclic) bond motifs is 1. The maximum Gasteiger partial charge on any atom is 0.335 e. The van der Waals surface area contributed by atoms with Gasteiger partial charge in [-0.25, -0.2) is 9.69 Å². The minimum Gasteiger partial charge on any atom is -0.490 e. The predicted octanol–water partition coefficient (Wildman–Crippen LogP) is 7.75. The Morgan fingerprint density at radius 1 is 0.878 bits per heavy atom. The Balaban J connectivity index is 1.48. The van der Waals surface area contributed by atoms with Crippen LogP contribution in [0.2, 0.25) is 15.1 Å². The number of barbiturate groups is 1. The van der Waals surface area contributed by atoms with Crippen LogP contribution in [0.5, 0.6) is 11.5 Å². The van der Waals surface area contributed by atoms with Crippen LogP contribution in [-0.4, -0.2) is 24.5 Å². The molecule has 10 heteroatoms. The second kappa shape index (κ2) is 11.8. The van der Waals surface area contributed by atoms with Crippen LogP contribution in [0.3, 0.4) is 0 Å². The highest BCUT2D eigenvalue weighted by Gasteiger charge is 2.37. The Morgan fingerprint density at radius 2 is 1.66 bits per heavy atom. The van der Waals surface area contributed by atoms with Gasteiger partial charge in [0.15, 0.2) is 11.5 Å². The van der Waals surface area contributed by atoms with Crippen molar-refractivity contribution >= 4 is 75.2 Å². The van der Waals surface area contributed by atoms with E-state index in [0.717, 1.165) is 26.8 Å². The van der Waals surface area contributed by atoms with E-state index in [0.29, 0.717) is 23.7 Å². The van der Waals surface area contributed by atoms with E-state index in [1.54, 1.807) is 12.1 Å². The first-order chi connectivity index (χ1) is 19.7. The number of benzene rings is 4. The van der Waals surface area contributed by atoms with Crippen LogP contribution < -0.4 is 19.7 Å². The lowest BCUT2D eigenvalue weighted by Gasteiger charge is -2.26. The maximum absolute atomic E-state index is 13.3. The lowest BCUT2D eigenvalue weighted by Crippen LogP contribution is -2.54. The van der Waals surface area contributed by atoms with Crippen molar-refractivity contribution in [1.29, 1.82) is 0 Å². The quantitative estimate of drug-likeness (QED) is 0.171. The highest BCUT2D eigenvalue weighted by Crippen LogP contribution is 2.39. The van der Waals surface area contributed by atoms with Crippen molar-refractivity contribution in [1.82, 2.24) is 5.32 Å². The molecular formula is C31H23Cl3N2O5. The highest BCUT2D eigenvalue weighted by atomic mass is 35.5. The topological polar surface area (TPSA) is 84.9 Å². The van der Waals surface area contributed by atoms with E-state index in [2.05, 4.69) is 11.4 Å². The molecule has 0 atom stereocenters. The molecule has 4 amide bonds. The molecule has 1 aliphatic rings. The number of hydrogen-bond donors (Lipinski definition) is 1. The number of nitrogens with zero attached hydrogens (tertiary/aromatic N) is 1. The molecule has 0 unspecified atom stereocenters. The van der Waals surface area contributed by atoms with E-state index >= 15 is 0 Å². The van der Waals surface area contributed by atoms with Gasteiger partial charge in [-0.1, -0.05) is 71.2 Å². The number of imide groups is 2. The van der Waals surface area contributed by atoms with Crippen LogP contribution in [0.15, 0.2) is 72.3 Å². The van der Waals surface area contributed by atoms with Crippen molar-refractivity contribution in [2.75, 3.05) is 11.5 Å². The molecule has 1 aliphatic heterocycles. The Labute approximate surface area is 251 Å². The summed E-state index contributed by atoms with van der Waals surface area (Å²) in [5.41, 5.74) is 2.36. The number of halogens is 3. The third kappa shape index (κ3) is 5.75. The van der Waals surface area contributed by atoms with Crippen LogP contribution >= 0.6 is 34.8 Å². The molecule has 5 rings (SSSR count). The fourth-order valence-corrected chi connectivity index (χ4v) is 5.10. The fraction of sp³-hybridized carbons (Fsp3) is 0.129. The third-order valence-corrected chi connectivity index (χ3v) is 7.56. The van der Waals surface area contributed by atoms with Gasteiger partial charge in [-0.2, -0.15) is 0 Å². The molecule has 1 saturated heterocycles. The lowest BCUT2D eigenvalue weighted by atomic mass is 10.0. The summed E-state index contributed by atoms with van der Waals surface area (Å²) in [7, 11) is 0. The molecule has 0 aliphatic carbocycles. The number of carbonyl (C=O) groups excluding carboxylic acids is 3. The first kappa shape index (κ1) is 28.5. The molecule has 1 N–H and O–H groups in total. The number of anilines is 1. The summed E-state index contributed by atoms with van der Waals surface area (Å²) in [5, 5.41) is 4.98. The monoisotopic (exact) mass is 608 g/mol. The number of carbonyl (C=O) groups is 3. The van der Waals surface area contributed by atoms with Crippen LogP contribution in [-0.2, 0) is 16.2 Å². The van der Waals surface area contributed by atoms with Crippen molar-refractivity contribution in [3.63, 3.8) is 0 Å². The first-order valence-corrected chi connectivity index (χ1v) is 13.7. The van der Waals surface area contributed by atoms with Crippen molar-refractivity contribution in [2.45, 2.75) is 20.5 Å². The van der Waals surface area contributed by atoms with E-state index in [9.17, 15) is 14.4 Å². The lowest BCUT2D eigenvalue weighted by molar-refractivity contribution is -0.122. The van der Waals surface area contributed by atoms with Gasteiger partial charge >= 0.3 is 6.03 Å². The average molecular weight is 610 g/mol. The molecule has 0 aromatic heterocycles.